The summed E-state index contributed by atoms with van der Waals surface area (Å²) in [6.45, 7) is 0. The molecule has 0 aromatic heterocycles. The maximum atomic E-state index is 6.19. The van der Waals surface area contributed by atoms with Gasteiger partial charge in [0.2, 0.25) is 0 Å². The SMILES string of the molecule is ClC(=NC(=C(Cl)Cl)c1ccccc1)c1ccccc1. The molecule has 2 rings (SSSR count). The van der Waals surface area contributed by atoms with Gasteiger partial charge in [-0.25, -0.2) is 4.99 Å². The molecule has 1 nitrogen and oxygen atoms in total. The highest BCUT2D eigenvalue weighted by atomic mass is 35.5. The van der Waals surface area contributed by atoms with Gasteiger partial charge in [-0.1, -0.05) is 95.5 Å². The minimum atomic E-state index is 0.0836. The Morgan fingerprint density at radius 1 is 0.684 bits per heavy atom. The Morgan fingerprint density at radius 2 is 1.16 bits per heavy atom. The third-order valence-corrected chi connectivity index (χ3v) is 3.11. The zero-order valence-corrected chi connectivity index (χ0v) is 12.1. The Kier molecular flexibility index (Phi) is 5.03. The van der Waals surface area contributed by atoms with Crippen molar-refractivity contribution in [3.63, 3.8) is 0 Å². The van der Waals surface area contributed by atoms with Crippen molar-refractivity contribution in [3.8, 4) is 0 Å². The predicted molar refractivity (Wildman–Crippen MR) is 83.9 cm³/mol. The Bertz CT molecular complexity index is 600. The van der Waals surface area contributed by atoms with E-state index < -0.39 is 0 Å². The van der Waals surface area contributed by atoms with Crippen LogP contribution in [0.15, 0.2) is 70.1 Å². The molecule has 0 aliphatic rings. The Labute approximate surface area is 127 Å². The van der Waals surface area contributed by atoms with Gasteiger partial charge in [-0.3, -0.25) is 0 Å². The molecular formula is C15H10Cl3N. The van der Waals surface area contributed by atoms with Crippen molar-refractivity contribution in [2.45, 2.75) is 0 Å². The lowest BCUT2D eigenvalue weighted by molar-refractivity contribution is 1.50. The summed E-state index contributed by atoms with van der Waals surface area (Å²) in [5.74, 6) is 0. The normalized spacial score (nSPS) is 11.2. The van der Waals surface area contributed by atoms with Crippen LogP contribution in [0.5, 0.6) is 0 Å². The van der Waals surface area contributed by atoms with Crippen LogP contribution < -0.4 is 0 Å². The number of halogens is 3. The lowest BCUT2D eigenvalue weighted by Gasteiger charge is -2.04. The minimum Gasteiger partial charge on any atom is -0.233 e. The first-order valence-corrected chi connectivity index (χ1v) is 6.72. The molecule has 0 unspecified atom stereocenters. The van der Waals surface area contributed by atoms with E-state index >= 15 is 0 Å². The van der Waals surface area contributed by atoms with Crippen LogP contribution in [-0.2, 0) is 0 Å². The first-order chi connectivity index (χ1) is 9.18. The molecule has 0 amide bonds. The number of rotatable bonds is 3. The van der Waals surface area contributed by atoms with E-state index in [4.69, 9.17) is 34.8 Å². The molecule has 0 fully saturated rings. The Morgan fingerprint density at radius 3 is 1.63 bits per heavy atom. The van der Waals surface area contributed by atoms with Crippen LogP contribution in [0.2, 0.25) is 0 Å². The van der Waals surface area contributed by atoms with Gasteiger partial charge in [0.05, 0.1) is 0 Å². The standard InChI is InChI=1S/C15H10Cl3N/c16-14(17)13(11-7-3-1-4-8-11)19-15(18)12-9-5-2-6-10-12/h1-10H. The molecule has 0 bridgehead atoms. The first kappa shape index (κ1) is 14.1. The van der Waals surface area contributed by atoms with Crippen LogP contribution in [0.25, 0.3) is 5.70 Å². The van der Waals surface area contributed by atoms with Gasteiger partial charge in [-0.2, -0.15) is 0 Å². The molecule has 2 aromatic rings. The summed E-state index contributed by atoms with van der Waals surface area (Å²) in [6.07, 6.45) is 0. The number of hydrogen-bond donors (Lipinski definition) is 0. The van der Waals surface area contributed by atoms with Crippen molar-refractivity contribution in [2.24, 2.45) is 4.99 Å². The molecule has 0 saturated carbocycles. The van der Waals surface area contributed by atoms with E-state index in [1.165, 1.54) is 0 Å². The van der Waals surface area contributed by atoms with Crippen LogP contribution in [0.4, 0.5) is 0 Å². The monoisotopic (exact) mass is 309 g/mol. The lowest BCUT2D eigenvalue weighted by Crippen LogP contribution is -1.92. The van der Waals surface area contributed by atoms with E-state index in [1.807, 2.05) is 60.7 Å². The first-order valence-electron chi connectivity index (χ1n) is 5.59. The zero-order valence-electron chi connectivity index (χ0n) is 9.85. The van der Waals surface area contributed by atoms with Gasteiger partial charge in [0.15, 0.2) is 0 Å². The van der Waals surface area contributed by atoms with E-state index in [-0.39, 0.29) is 4.49 Å². The van der Waals surface area contributed by atoms with Gasteiger partial charge >= 0.3 is 0 Å². The van der Waals surface area contributed by atoms with Crippen molar-refractivity contribution < 1.29 is 0 Å². The maximum absolute atomic E-state index is 6.19. The fourth-order valence-electron chi connectivity index (χ4n) is 1.55. The summed E-state index contributed by atoms with van der Waals surface area (Å²) in [6, 6.07) is 18.9. The highest BCUT2D eigenvalue weighted by molar-refractivity contribution is 6.70. The van der Waals surface area contributed by atoms with Gasteiger partial charge in [0.25, 0.3) is 0 Å². The van der Waals surface area contributed by atoms with Crippen molar-refractivity contribution >= 4 is 45.7 Å². The Hall–Kier alpha value is -1.28. The summed E-state index contributed by atoms with van der Waals surface area (Å²) >= 11 is 18.0. The minimum absolute atomic E-state index is 0.0836. The molecule has 0 aliphatic heterocycles. The van der Waals surface area contributed by atoms with Crippen molar-refractivity contribution in [1.82, 2.24) is 0 Å². The second kappa shape index (κ2) is 6.76. The topological polar surface area (TPSA) is 12.4 Å². The van der Waals surface area contributed by atoms with E-state index in [1.54, 1.807) is 0 Å². The molecule has 0 N–H and O–H groups in total. The summed E-state index contributed by atoms with van der Waals surface area (Å²) in [4.78, 5) is 4.31. The number of hydrogen-bond acceptors (Lipinski definition) is 1. The van der Waals surface area contributed by atoms with Gasteiger partial charge in [-0.05, 0) is 0 Å². The average molecular weight is 311 g/mol. The molecule has 19 heavy (non-hydrogen) atoms. The largest absolute Gasteiger partial charge is 0.233 e. The number of aliphatic imine (C=N–C) groups is 1. The fraction of sp³-hybridized carbons (Fsp3) is 0. The van der Waals surface area contributed by atoms with Gasteiger partial charge in [0.1, 0.15) is 15.4 Å². The van der Waals surface area contributed by atoms with Crippen LogP contribution >= 0.6 is 34.8 Å². The fourth-order valence-corrected chi connectivity index (χ4v) is 2.06. The third kappa shape index (κ3) is 3.84. The van der Waals surface area contributed by atoms with Crippen LogP contribution in [0.3, 0.4) is 0 Å². The van der Waals surface area contributed by atoms with Gasteiger partial charge < -0.3 is 0 Å². The van der Waals surface area contributed by atoms with Gasteiger partial charge in [0, 0.05) is 11.1 Å². The van der Waals surface area contributed by atoms with Crippen molar-refractivity contribution in [2.75, 3.05) is 0 Å². The Balaban J connectivity index is 2.41. The van der Waals surface area contributed by atoms with Crippen LogP contribution in [0.1, 0.15) is 11.1 Å². The lowest BCUT2D eigenvalue weighted by atomic mass is 10.2. The molecule has 4 heteroatoms. The highest BCUT2D eigenvalue weighted by Crippen LogP contribution is 2.26. The average Bonchev–Trinajstić information content (AvgIpc) is 2.46. The van der Waals surface area contributed by atoms with Crippen LogP contribution in [-0.4, -0.2) is 5.17 Å². The molecule has 0 heterocycles. The zero-order chi connectivity index (χ0) is 13.7. The quantitative estimate of drug-likeness (QED) is 0.666. The molecule has 0 spiro atoms. The molecule has 0 radical (unpaired) electrons. The molecule has 2 aromatic carbocycles. The molecule has 96 valence electrons. The summed E-state index contributed by atoms with van der Waals surface area (Å²) in [5, 5.41) is 0.346. The highest BCUT2D eigenvalue weighted by Gasteiger charge is 2.07. The predicted octanol–water partition coefficient (Wildman–Crippen LogP) is 5.48. The molecule has 0 saturated heterocycles. The summed E-state index contributed by atoms with van der Waals surface area (Å²) in [5.41, 5.74) is 2.08. The van der Waals surface area contributed by atoms with E-state index in [0.717, 1.165) is 11.1 Å². The van der Waals surface area contributed by atoms with Gasteiger partial charge in [-0.15, -0.1) is 0 Å². The number of benzene rings is 2. The van der Waals surface area contributed by atoms with E-state index in [9.17, 15) is 0 Å². The van der Waals surface area contributed by atoms with E-state index in [0.29, 0.717) is 10.9 Å². The smallest absolute Gasteiger partial charge is 0.137 e. The van der Waals surface area contributed by atoms with Crippen LogP contribution in [0, 0.1) is 0 Å². The maximum Gasteiger partial charge on any atom is 0.137 e. The summed E-state index contributed by atoms with van der Waals surface area (Å²) < 4.78 is 0.0836. The van der Waals surface area contributed by atoms with E-state index in [2.05, 4.69) is 4.99 Å². The molecule has 0 atom stereocenters. The summed E-state index contributed by atoms with van der Waals surface area (Å²) in [7, 11) is 0. The van der Waals surface area contributed by atoms with Crippen molar-refractivity contribution in [3.05, 3.63) is 76.3 Å². The molecular weight excluding hydrogens is 301 g/mol. The number of nitrogens with zero attached hydrogens (tertiary/aromatic N) is 1. The molecule has 0 aliphatic carbocycles. The van der Waals surface area contributed by atoms with Crippen molar-refractivity contribution in [1.29, 1.82) is 0 Å². The second-order valence-corrected chi connectivity index (χ2v) is 5.05. The third-order valence-electron chi connectivity index (χ3n) is 2.45. The second-order valence-electron chi connectivity index (χ2n) is 3.74.